The monoisotopic (exact) mass is 318 g/mol. The molecule has 6 heteroatoms. The maximum Gasteiger partial charge on any atom is 0.254 e. The highest BCUT2D eigenvalue weighted by atomic mass is 16.5. The van der Waals surface area contributed by atoms with E-state index >= 15 is 0 Å². The molecule has 1 aliphatic heterocycles. The van der Waals surface area contributed by atoms with E-state index in [0.29, 0.717) is 43.4 Å². The number of piperazine rings is 1. The molecule has 1 aromatic carbocycles. The molecule has 1 aromatic rings. The Morgan fingerprint density at radius 3 is 2.91 bits per heavy atom. The lowest BCUT2D eigenvalue weighted by Gasteiger charge is -2.33. The van der Waals surface area contributed by atoms with Crippen molar-refractivity contribution in [2.24, 2.45) is 0 Å². The Balaban J connectivity index is 2.24. The van der Waals surface area contributed by atoms with E-state index in [-0.39, 0.29) is 11.8 Å². The van der Waals surface area contributed by atoms with Crippen LogP contribution in [0.15, 0.2) is 30.9 Å². The molecule has 124 valence electrons. The number of carbonyl (C=O) groups excluding carboxylic acids is 2. The molecule has 1 aliphatic rings. The summed E-state index contributed by atoms with van der Waals surface area (Å²) in [5.41, 5.74) is 0.473. The molecule has 0 radical (unpaired) electrons. The second-order valence-electron chi connectivity index (χ2n) is 5.16. The Morgan fingerprint density at radius 1 is 1.43 bits per heavy atom. The molecule has 2 rings (SSSR count). The van der Waals surface area contributed by atoms with Crippen LogP contribution < -0.4 is 14.8 Å². The number of amides is 2. The lowest BCUT2D eigenvalue weighted by Crippen LogP contribution is -2.55. The molecular formula is C17H22N2O4. The molecule has 1 atom stereocenters. The molecule has 0 bridgehead atoms. The Morgan fingerprint density at radius 2 is 2.22 bits per heavy atom. The van der Waals surface area contributed by atoms with Crippen LogP contribution in [0.2, 0.25) is 0 Å². The zero-order valence-corrected chi connectivity index (χ0v) is 13.5. The number of nitrogens with zero attached hydrogens (tertiary/aromatic N) is 1. The van der Waals surface area contributed by atoms with Gasteiger partial charge < -0.3 is 19.7 Å². The van der Waals surface area contributed by atoms with Gasteiger partial charge in [0.05, 0.1) is 6.61 Å². The first-order valence-corrected chi connectivity index (χ1v) is 7.67. The van der Waals surface area contributed by atoms with E-state index < -0.39 is 6.04 Å². The number of benzene rings is 1. The van der Waals surface area contributed by atoms with Crippen molar-refractivity contribution in [2.75, 3.05) is 26.3 Å². The maximum atomic E-state index is 12.7. The van der Waals surface area contributed by atoms with E-state index in [9.17, 15) is 9.59 Å². The molecule has 0 aliphatic carbocycles. The molecule has 1 fully saturated rings. The van der Waals surface area contributed by atoms with Crippen LogP contribution >= 0.6 is 0 Å². The first-order chi connectivity index (χ1) is 11.1. The van der Waals surface area contributed by atoms with Crippen LogP contribution in [-0.4, -0.2) is 49.1 Å². The van der Waals surface area contributed by atoms with Crippen LogP contribution in [0.5, 0.6) is 11.5 Å². The van der Waals surface area contributed by atoms with Crippen LogP contribution in [0, 0.1) is 0 Å². The third-order valence-electron chi connectivity index (χ3n) is 3.61. The Labute approximate surface area is 136 Å². The van der Waals surface area contributed by atoms with Crippen LogP contribution in [0.3, 0.4) is 0 Å². The molecular weight excluding hydrogens is 296 g/mol. The SMILES string of the molecule is C=CCOc1ccc(C(=O)N2CCNC(=O)C2C)cc1OCC. The van der Waals surface area contributed by atoms with Gasteiger partial charge in [0.25, 0.3) is 5.91 Å². The zero-order chi connectivity index (χ0) is 16.8. The third-order valence-corrected chi connectivity index (χ3v) is 3.61. The number of carbonyl (C=O) groups is 2. The predicted molar refractivity (Wildman–Crippen MR) is 86.8 cm³/mol. The summed E-state index contributed by atoms with van der Waals surface area (Å²) in [6.07, 6.45) is 1.64. The van der Waals surface area contributed by atoms with Crippen molar-refractivity contribution in [3.8, 4) is 11.5 Å². The van der Waals surface area contributed by atoms with E-state index in [2.05, 4.69) is 11.9 Å². The van der Waals surface area contributed by atoms with Crippen molar-refractivity contribution < 1.29 is 19.1 Å². The quantitative estimate of drug-likeness (QED) is 0.809. The fraction of sp³-hybridized carbons (Fsp3) is 0.412. The normalized spacial score (nSPS) is 17.4. The minimum atomic E-state index is -0.483. The smallest absolute Gasteiger partial charge is 0.254 e. The minimum absolute atomic E-state index is 0.138. The molecule has 6 nitrogen and oxygen atoms in total. The lowest BCUT2D eigenvalue weighted by molar-refractivity contribution is -0.127. The summed E-state index contributed by atoms with van der Waals surface area (Å²) >= 11 is 0. The largest absolute Gasteiger partial charge is 0.490 e. The van der Waals surface area contributed by atoms with Gasteiger partial charge in [-0.05, 0) is 32.0 Å². The van der Waals surface area contributed by atoms with Crippen molar-refractivity contribution in [2.45, 2.75) is 19.9 Å². The third kappa shape index (κ3) is 3.83. The van der Waals surface area contributed by atoms with Crippen LogP contribution in [-0.2, 0) is 4.79 Å². The highest BCUT2D eigenvalue weighted by Gasteiger charge is 2.30. The van der Waals surface area contributed by atoms with Gasteiger partial charge in [0.2, 0.25) is 5.91 Å². The van der Waals surface area contributed by atoms with Crippen LogP contribution in [0.25, 0.3) is 0 Å². The number of nitrogens with one attached hydrogen (secondary N) is 1. The van der Waals surface area contributed by atoms with E-state index in [1.807, 2.05) is 6.92 Å². The van der Waals surface area contributed by atoms with E-state index in [1.54, 1.807) is 36.1 Å². The highest BCUT2D eigenvalue weighted by Crippen LogP contribution is 2.29. The Hall–Kier alpha value is -2.50. The zero-order valence-electron chi connectivity index (χ0n) is 13.5. The van der Waals surface area contributed by atoms with Crippen molar-refractivity contribution in [1.29, 1.82) is 0 Å². The van der Waals surface area contributed by atoms with Crippen molar-refractivity contribution in [3.05, 3.63) is 36.4 Å². The summed E-state index contributed by atoms with van der Waals surface area (Å²) < 4.78 is 11.1. The second kappa shape index (κ2) is 7.67. The number of ether oxygens (including phenoxy) is 2. The van der Waals surface area contributed by atoms with E-state index in [1.165, 1.54) is 0 Å². The van der Waals surface area contributed by atoms with Gasteiger partial charge in [-0.25, -0.2) is 0 Å². The average molecular weight is 318 g/mol. The Kier molecular flexibility index (Phi) is 5.62. The molecule has 1 heterocycles. The summed E-state index contributed by atoms with van der Waals surface area (Å²) in [5, 5.41) is 2.75. The van der Waals surface area contributed by atoms with Gasteiger partial charge in [0.15, 0.2) is 11.5 Å². The average Bonchev–Trinajstić information content (AvgIpc) is 2.56. The lowest BCUT2D eigenvalue weighted by atomic mass is 10.1. The summed E-state index contributed by atoms with van der Waals surface area (Å²) in [6, 6.07) is 4.56. The molecule has 1 N–H and O–H groups in total. The molecule has 0 spiro atoms. The fourth-order valence-corrected chi connectivity index (χ4v) is 2.40. The predicted octanol–water partition coefficient (Wildman–Crippen LogP) is 1.61. The first-order valence-electron chi connectivity index (χ1n) is 7.67. The van der Waals surface area contributed by atoms with Gasteiger partial charge in [0.1, 0.15) is 12.6 Å². The van der Waals surface area contributed by atoms with E-state index in [4.69, 9.17) is 9.47 Å². The number of hydrogen-bond acceptors (Lipinski definition) is 4. The van der Waals surface area contributed by atoms with Gasteiger partial charge in [-0.15, -0.1) is 0 Å². The van der Waals surface area contributed by atoms with Crippen molar-refractivity contribution in [1.82, 2.24) is 10.2 Å². The number of rotatable bonds is 6. The molecule has 1 unspecified atom stereocenters. The fourth-order valence-electron chi connectivity index (χ4n) is 2.40. The van der Waals surface area contributed by atoms with Crippen LogP contribution in [0.4, 0.5) is 0 Å². The molecule has 23 heavy (non-hydrogen) atoms. The molecule has 0 saturated carbocycles. The van der Waals surface area contributed by atoms with E-state index in [0.717, 1.165) is 0 Å². The van der Waals surface area contributed by atoms with Gasteiger partial charge in [-0.1, -0.05) is 12.7 Å². The highest BCUT2D eigenvalue weighted by molar-refractivity contribution is 5.98. The van der Waals surface area contributed by atoms with Gasteiger partial charge >= 0.3 is 0 Å². The Bertz CT molecular complexity index is 600. The topological polar surface area (TPSA) is 67.9 Å². The van der Waals surface area contributed by atoms with Crippen molar-refractivity contribution >= 4 is 11.8 Å². The summed E-state index contributed by atoms with van der Waals surface area (Å²) in [4.78, 5) is 26.0. The second-order valence-corrected chi connectivity index (χ2v) is 5.16. The molecule has 0 aromatic heterocycles. The van der Waals surface area contributed by atoms with Gasteiger partial charge in [-0.3, -0.25) is 9.59 Å². The summed E-state index contributed by atoms with van der Waals surface area (Å²) in [5.74, 6) is 0.742. The molecule has 2 amide bonds. The van der Waals surface area contributed by atoms with Crippen molar-refractivity contribution in [3.63, 3.8) is 0 Å². The number of hydrogen-bond donors (Lipinski definition) is 1. The molecule has 1 saturated heterocycles. The summed E-state index contributed by atoms with van der Waals surface area (Å²) in [7, 11) is 0. The summed E-state index contributed by atoms with van der Waals surface area (Å²) in [6.45, 7) is 8.97. The minimum Gasteiger partial charge on any atom is -0.490 e. The maximum absolute atomic E-state index is 12.7. The first kappa shape index (κ1) is 16.9. The standard InChI is InChI=1S/C17H22N2O4/c1-4-10-23-14-7-6-13(11-15(14)22-5-2)17(21)19-9-8-18-16(20)12(19)3/h4,6-7,11-12H,1,5,8-10H2,2-3H3,(H,18,20). The van der Waals surface area contributed by atoms with Gasteiger partial charge in [0, 0.05) is 18.7 Å². The van der Waals surface area contributed by atoms with Gasteiger partial charge in [-0.2, -0.15) is 0 Å². The van der Waals surface area contributed by atoms with Crippen LogP contribution in [0.1, 0.15) is 24.2 Å².